The average molecular weight is 271 g/mol. The number of benzene rings is 1. The number of hydrogen-bond donors (Lipinski definition) is 1. The molecule has 0 radical (unpaired) electrons. The molecule has 1 N–H and O–H groups in total. The van der Waals surface area contributed by atoms with E-state index < -0.39 is 0 Å². The summed E-state index contributed by atoms with van der Waals surface area (Å²) in [6, 6.07) is 5.44. The van der Waals surface area contributed by atoms with Gasteiger partial charge in [-0.3, -0.25) is 0 Å². The molecular formula is C14H20ClFN2. The fourth-order valence-corrected chi connectivity index (χ4v) is 2.36. The lowest BCUT2D eigenvalue weighted by Crippen LogP contribution is -2.56. The number of halogens is 2. The lowest BCUT2D eigenvalue weighted by atomic mass is 9.85. The van der Waals surface area contributed by atoms with Crippen LogP contribution in [0.4, 0.5) is 10.1 Å². The molecule has 18 heavy (non-hydrogen) atoms. The highest BCUT2D eigenvalue weighted by molar-refractivity contribution is 6.30. The molecule has 4 heteroatoms. The third-order valence-corrected chi connectivity index (χ3v) is 3.80. The van der Waals surface area contributed by atoms with Gasteiger partial charge < -0.3 is 10.2 Å². The highest BCUT2D eigenvalue weighted by Gasteiger charge is 2.29. The van der Waals surface area contributed by atoms with Crippen molar-refractivity contribution in [1.29, 1.82) is 0 Å². The van der Waals surface area contributed by atoms with Gasteiger partial charge in [-0.2, -0.15) is 0 Å². The predicted molar refractivity (Wildman–Crippen MR) is 74.9 cm³/mol. The van der Waals surface area contributed by atoms with Crippen molar-refractivity contribution < 1.29 is 4.39 Å². The number of piperazine rings is 1. The molecule has 1 unspecified atom stereocenters. The zero-order valence-corrected chi connectivity index (χ0v) is 11.9. The molecule has 100 valence electrons. The van der Waals surface area contributed by atoms with Crippen LogP contribution in [0.2, 0.25) is 5.02 Å². The molecule has 0 amide bonds. The first-order valence-electron chi connectivity index (χ1n) is 6.31. The van der Waals surface area contributed by atoms with E-state index >= 15 is 0 Å². The fourth-order valence-electron chi connectivity index (χ4n) is 2.25. The molecule has 1 heterocycles. The van der Waals surface area contributed by atoms with Crippen LogP contribution in [0.5, 0.6) is 0 Å². The Morgan fingerprint density at radius 1 is 1.39 bits per heavy atom. The molecule has 0 spiro atoms. The Hall–Kier alpha value is -0.800. The maximum atomic E-state index is 13.5. The van der Waals surface area contributed by atoms with E-state index in [1.165, 1.54) is 6.07 Å². The van der Waals surface area contributed by atoms with Crippen LogP contribution in [0, 0.1) is 11.2 Å². The number of rotatable bonds is 1. The normalized spacial score (nSPS) is 21.2. The second-order valence-electron chi connectivity index (χ2n) is 5.92. The van der Waals surface area contributed by atoms with Crippen molar-refractivity contribution in [2.24, 2.45) is 5.41 Å². The molecular weight excluding hydrogens is 251 g/mol. The number of nitrogens with one attached hydrogen (secondary N) is 1. The maximum Gasteiger partial charge on any atom is 0.143 e. The topological polar surface area (TPSA) is 15.3 Å². The Balaban J connectivity index is 2.15. The summed E-state index contributed by atoms with van der Waals surface area (Å²) in [4.78, 5) is 2.21. The summed E-state index contributed by atoms with van der Waals surface area (Å²) in [6.45, 7) is 9.37. The van der Waals surface area contributed by atoms with Gasteiger partial charge in [0, 0.05) is 31.4 Å². The van der Waals surface area contributed by atoms with Gasteiger partial charge in [-0.1, -0.05) is 32.4 Å². The van der Waals surface area contributed by atoms with E-state index in [0.29, 0.717) is 6.04 Å². The lowest BCUT2D eigenvalue weighted by molar-refractivity contribution is 0.254. The summed E-state index contributed by atoms with van der Waals surface area (Å²) >= 11 is 5.71. The van der Waals surface area contributed by atoms with E-state index in [0.717, 1.165) is 25.3 Å². The minimum absolute atomic E-state index is 0.182. The minimum Gasteiger partial charge on any atom is -0.369 e. The van der Waals surface area contributed by atoms with Crippen molar-refractivity contribution in [1.82, 2.24) is 5.32 Å². The third-order valence-electron chi connectivity index (χ3n) is 3.49. The lowest BCUT2D eigenvalue weighted by Gasteiger charge is -2.41. The van der Waals surface area contributed by atoms with E-state index in [4.69, 9.17) is 11.6 Å². The molecule has 1 aliphatic heterocycles. The predicted octanol–water partition coefficient (Wildman–Crippen LogP) is 3.30. The van der Waals surface area contributed by atoms with E-state index in [-0.39, 0.29) is 16.3 Å². The molecule has 1 fully saturated rings. The molecule has 2 rings (SSSR count). The highest BCUT2D eigenvalue weighted by Crippen LogP contribution is 2.26. The molecule has 0 bridgehead atoms. The van der Waals surface area contributed by atoms with Crippen LogP contribution in [0.1, 0.15) is 20.8 Å². The molecule has 1 aromatic carbocycles. The Morgan fingerprint density at radius 2 is 2.11 bits per heavy atom. The van der Waals surface area contributed by atoms with Crippen molar-refractivity contribution in [3.63, 3.8) is 0 Å². The first-order chi connectivity index (χ1) is 8.38. The molecule has 0 aliphatic carbocycles. The van der Waals surface area contributed by atoms with Gasteiger partial charge in [-0.15, -0.1) is 0 Å². The van der Waals surface area contributed by atoms with Gasteiger partial charge in [-0.25, -0.2) is 4.39 Å². The van der Waals surface area contributed by atoms with Gasteiger partial charge in [0.15, 0.2) is 0 Å². The van der Waals surface area contributed by atoms with Crippen molar-refractivity contribution in [3.8, 4) is 0 Å². The van der Waals surface area contributed by atoms with Crippen molar-refractivity contribution in [2.45, 2.75) is 26.8 Å². The van der Waals surface area contributed by atoms with E-state index in [2.05, 4.69) is 31.0 Å². The minimum atomic E-state index is -0.347. The highest BCUT2D eigenvalue weighted by atomic mass is 35.5. The van der Waals surface area contributed by atoms with Crippen LogP contribution in [-0.2, 0) is 0 Å². The van der Waals surface area contributed by atoms with Gasteiger partial charge >= 0.3 is 0 Å². The maximum absolute atomic E-state index is 13.5. The van der Waals surface area contributed by atoms with Crippen molar-refractivity contribution in [2.75, 3.05) is 24.5 Å². The van der Waals surface area contributed by atoms with Gasteiger partial charge in [0.25, 0.3) is 0 Å². The zero-order valence-electron chi connectivity index (χ0n) is 11.1. The molecule has 1 atom stereocenters. The van der Waals surface area contributed by atoms with Gasteiger partial charge in [0.1, 0.15) is 5.82 Å². The third kappa shape index (κ3) is 2.96. The van der Waals surface area contributed by atoms with Gasteiger partial charge in [-0.05, 0) is 23.6 Å². The molecule has 0 aromatic heterocycles. The zero-order chi connectivity index (χ0) is 13.3. The Kier molecular flexibility index (Phi) is 3.83. The Morgan fingerprint density at radius 3 is 2.72 bits per heavy atom. The summed E-state index contributed by atoms with van der Waals surface area (Å²) < 4.78 is 13.5. The monoisotopic (exact) mass is 270 g/mol. The average Bonchev–Trinajstić information content (AvgIpc) is 2.32. The first-order valence-corrected chi connectivity index (χ1v) is 6.69. The Labute approximate surface area is 113 Å². The largest absolute Gasteiger partial charge is 0.369 e. The number of hydrogen-bond acceptors (Lipinski definition) is 2. The van der Waals surface area contributed by atoms with Crippen molar-refractivity contribution in [3.05, 3.63) is 29.0 Å². The second-order valence-corrected chi connectivity index (χ2v) is 6.32. The van der Waals surface area contributed by atoms with Crippen LogP contribution >= 0.6 is 11.6 Å². The SMILES string of the molecule is CC(C)(C)C1CN(c2ccc(Cl)c(F)c2)CCN1. The molecule has 1 aromatic rings. The van der Waals surface area contributed by atoms with E-state index in [1.54, 1.807) is 6.07 Å². The van der Waals surface area contributed by atoms with Crippen LogP contribution < -0.4 is 10.2 Å². The summed E-state index contributed by atoms with van der Waals surface area (Å²) in [5, 5.41) is 3.71. The van der Waals surface area contributed by atoms with E-state index in [9.17, 15) is 4.39 Å². The summed E-state index contributed by atoms with van der Waals surface area (Å²) in [5.74, 6) is -0.347. The first kappa shape index (κ1) is 13.6. The standard InChI is InChI=1S/C14H20ClFN2/c1-14(2,3)13-9-18(7-6-17-13)10-4-5-11(15)12(16)8-10/h4-5,8,13,17H,6-7,9H2,1-3H3. The molecule has 0 saturated carbocycles. The van der Waals surface area contributed by atoms with Crippen LogP contribution in [0.25, 0.3) is 0 Å². The smallest absolute Gasteiger partial charge is 0.143 e. The van der Waals surface area contributed by atoms with Crippen LogP contribution in [0.15, 0.2) is 18.2 Å². The molecule has 1 saturated heterocycles. The summed E-state index contributed by atoms with van der Waals surface area (Å²) in [5.41, 5.74) is 1.11. The second kappa shape index (κ2) is 5.06. The van der Waals surface area contributed by atoms with Crippen LogP contribution in [-0.4, -0.2) is 25.7 Å². The number of anilines is 1. The van der Waals surface area contributed by atoms with Crippen LogP contribution in [0.3, 0.4) is 0 Å². The van der Waals surface area contributed by atoms with E-state index in [1.807, 2.05) is 6.07 Å². The fraction of sp³-hybridized carbons (Fsp3) is 0.571. The summed E-state index contributed by atoms with van der Waals surface area (Å²) in [6.07, 6.45) is 0. The molecule has 1 aliphatic rings. The van der Waals surface area contributed by atoms with Gasteiger partial charge in [0.05, 0.1) is 5.02 Å². The summed E-state index contributed by atoms with van der Waals surface area (Å²) in [7, 11) is 0. The van der Waals surface area contributed by atoms with Gasteiger partial charge in [0.2, 0.25) is 0 Å². The van der Waals surface area contributed by atoms with Crippen molar-refractivity contribution >= 4 is 17.3 Å². The quantitative estimate of drug-likeness (QED) is 0.842. The molecule has 2 nitrogen and oxygen atoms in total. The Bertz CT molecular complexity index is 428. The number of nitrogens with zero attached hydrogens (tertiary/aromatic N) is 1.